The van der Waals surface area contributed by atoms with Gasteiger partial charge in [-0.15, -0.1) is 0 Å². The van der Waals surface area contributed by atoms with Gasteiger partial charge in [-0.25, -0.2) is 14.2 Å². The van der Waals surface area contributed by atoms with Gasteiger partial charge in [0, 0.05) is 93.4 Å². The van der Waals surface area contributed by atoms with Gasteiger partial charge in [-0.1, -0.05) is 51.8 Å². The van der Waals surface area contributed by atoms with Gasteiger partial charge in [0.25, 0.3) is 24.1 Å². The zero-order valence-electron chi connectivity index (χ0n) is 45.6. The first kappa shape index (κ1) is 56.0. The highest BCUT2D eigenvalue weighted by molar-refractivity contribution is 5.98. The number of aryl methyl sites for hydroxylation is 1. The van der Waals surface area contributed by atoms with Crippen molar-refractivity contribution >= 4 is 40.5 Å². The number of aliphatic hydroxyl groups is 1. The minimum atomic E-state index is -2.89. The quantitative estimate of drug-likeness (QED) is 0.109. The van der Waals surface area contributed by atoms with Crippen molar-refractivity contribution in [3.05, 3.63) is 77.1 Å². The predicted molar refractivity (Wildman–Crippen MR) is 284 cm³/mol. The monoisotopic (exact) mass is 1050 g/mol. The van der Waals surface area contributed by atoms with E-state index in [9.17, 15) is 29.1 Å². The van der Waals surface area contributed by atoms with Crippen molar-refractivity contribution in [1.82, 2.24) is 40.0 Å². The Bertz CT molecular complexity index is 2940. The lowest BCUT2D eigenvalue weighted by molar-refractivity contribution is -0.156. The molecule has 0 aliphatic carbocycles. The summed E-state index contributed by atoms with van der Waals surface area (Å²) in [4.78, 5) is 80.8. The van der Waals surface area contributed by atoms with E-state index < -0.39 is 76.6 Å². The van der Waals surface area contributed by atoms with Crippen LogP contribution in [0.2, 0.25) is 0 Å². The molecule has 0 radical (unpaired) electrons. The van der Waals surface area contributed by atoms with E-state index in [2.05, 4.69) is 39.0 Å². The van der Waals surface area contributed by atoms with Crippen LogP contribution < -0.4 is 10.7 Å². The Kier molecular flexibility index (Phi) is 16.5. The van der Waals surface area contributed by atoms with Gasteiger partial charge in [-0.2, -0.15) is 0 Å². The van der Waals surface area contributed by atoms with Crippen molar-refractivity contribution < 1.29 is 47.3 Å². The van der Waals surface area contributed by atoms with Crippen LogP contribution in [0.4, 0.5) is 8.78 Å². The smallest absolute Gasteiger partial charge is 0.324 e. The molecule has 408 valence electrons. The molecule has 2 aromatic heterocycles. The number of aromatic nitrogens is 2. The number of likely N-dealkylation sites (N-methyl/N-ethyl adjacent to an activating group) is 1. The Labute approximate surface area is 444 Å². The Hall–Kier alpha value is -6.26. The molecule has 3 N–H and O–H groups in total. The number of rotatable bonds is 11. The van der Waals surface area contributed by atoms with Crippen molar-refractivity contribution in [2.45, 2.75) is 142 Å². The summed E-state index contributed by atoms with van der Waals surface area (Å²) in [6, 6.07) is 10.8. The number of halogens is 2. The number of fused-ring (bicyclic) bond motifs is 6. The number of amides is 4. The zero-order valence-corrected chi connectivity index (χ0v) is 45.6. The Morgan fingerprint density at radius 2 is 1.79 bits per heavy atom. The fraction of sp³-hybridized carbons (Fsp3) is 0.552. The van der Waals surface area contributed by atoms with E-state index in [1.54, 1.807) is 33.2 Å². The minimum Gasteiger partial charge on any atom is -0.464 e. The van der Waals surface area contributed by atoms with Gasteiger partial charge >= 0.3 is 5.97 Å². The van der Waals surface area contributed by atoms with Crippen LogP contribution in [-0.2, 0) is 52.8 Å². The summed E-state index contributed by atoms with van der Waals surface area (Å²) < 4.78 is 44.3. The van der Waals surface area contributed by atoms with Gasteiger partial charge in [0.2, 0.25) is 5.91 Å². The van der Waals surface area contributed by atoms with Gasteiger partial charge < -0.3 is 34.3 Å². The fourth-order valence-corrected chi connectivity index (χ4v) is 11.3. The number of carbonyl (C=O) groups is 5. The number of methoxy groups -OCH3 is 1. The molecule has 5 atom stereocenters. The van der Waals surface area contributed by atoms with Crippen LogP contribution in [-0.4, -0.2) is 147 Å². The number of cyclic esters (lactones) is 1. The molecule has 0 spiro atoms. The molecule has 76 heavy (non-hydrogen) atoms. The number of esters is 1. The molecule has 8 rings (SSSR count). The second-order valence-electron chi connectivity index (χ2n) is 22.7. The number of β-amino-alcohol motifs (C(OH)–C–C–N with tert-alkyl or cyclic N) is 1. The van der Waals surface area contributed by atoms with Crippen molar-refractivity contribution in [2.75, 3.05) is 53.5 Å². The molecular weight excluding hydrogens is 975 g/mol. The number of benzene rings is 2. The largest absolute Gasteiger partial charge is 0.464 e. The number of alkyl halides is 2. The number of carbonyl (C=O) groups excluding carboxylic acids is 5. The number of likely N-dealkylation sites (tertiary alicyclic amines) is 2. The number of nitrogens with zero attached hydrogens (tertiary/aromatic N) is 6. The van der Waals surface area contributed by atoms with Crippen molar-refractivity contribution in [3.8, 4) is 34.2 Å². The van der Waals surface area contributed by atoms with Gasteiger partial charge in [-0.3, -0.25) is 38.9 Å². The Balaban J connectivity index is 1.16. The first-order valence-electron chi connectivity index (χ1n) is 26.6. The summed E-state index contributed by atoms with van der Waals surface area (Å²) in [6.45, 7) is 17.7. The SMILES string of the molecule is CCn1c(-c2cccnc2[C@H](C)OC)c2c3cc(ccc31)-c1cc(cc(C(F)F)c1)C[C@H](NC(=O)[C@H](C(C)C)N(C)C(=O)C1(O)CCN(C(=O)C#CC(C)(C)N3CCC3)C1)C(=O)N1CCC[C@H](N1)C(=O)OCC(C)(C)C2. The molecule has 0 saturated carbocycles. The van der Waals surface area contributed by atoms with Crippen molar-refractivity contribution in [3.63, 3.8) is 0 Å². The third-order valence-electron chi connectivity index (χ3n) is 15.7. The van der Waals surface area contributed by atoms with Crippen LogP contribution in [0.25, 0.3) is 33.3 Å². The van der Waals surface area contributed by atoms with Crippen molar-refractivity contribution in [1.29, 1.82) is 0 Å². The molecule has 4 aliphatic heterocycles. The highest BCUT2D eigenvalue weighted by Crippen LogP contribution is 2.42. The zero-order chi connectivity index (χ0) is 55.0. The standard InChI is InChI=1S/C58H74F2N8O8/c1-11-67-46-18-17-38-31-42(46)43(50(67)41-15-12-22-61-48(41)36(4)75-10)32-56(5,6)34-76-54(72)44-16-13-25-68(63-44)53(71)45(29-37-27-39(38)30-40(28-37)51(59)60)62-52(70)49(35(2)3)64(9)55(73)58(74)21-26-65(33-58)47(69)19-20-57(7,8)66-23-14-24-66/h12,15,17-18,22,27-28,30-31,35-36,44-45,49,51,63,74H,11,13-14,16,21,23-26,29,32-34H2,1-10H3,(H,62,70)/t36-,44-,45-,49-,58?/m0/s1. The van der Waals surface area contributed by atoms with Crippen LogP contribution in [0.5, 0.6) is 0 Å². The van der Waals surface area contributed by atoms with E-state index in [1.807, 2.05) is 65.0 Å². The first-order valence-corrected chi connectivity index (χ1v) is 26.6. The molecule has 16 nitrogen and oxygen atoms in total. The molecule has 2 aromatic carbocycles. The molecular formula is C58H74F2N8O8. The van der Waals surface area contributed by atoms with E-state index in [1.165, 1.54) is 29.1 Å². The maximum absolute atomic E-state index is 15.1. The van der Waals surface area contributed by atoms with Gasteiger partial charge in [0.1, 0.15) is 18.1 Å². The van der Waals surface area contributed by atoms with Crippen LogP contribution in [0.3, 0.4) is 0 Å². The summed E-state index contributed by atoms with van der Waals surface area (Å²) in [5, 5.41) is 16.9. The first-order chi connectivity index (χ1) is 35.9. The number of hydrazine groups is 1. The Morgan fingerprint density at radius 3 is 2.46 bits per heavy atom. The number of ether oxygens (including phenoxy) is 2. The minimum absolute atomic E-state index is 0.0281. The summed E-state index contributed by atoms with van der Waals surface area (Å²) >= 11 is 0. The topological polar surface area (TPSA) is 179 Å². The molecule has 6 heterocycles. The van der Waals surface area contributed by atoms with Crippen LogP contribution in [0.1, 0.15) is 116 Å². The normalized spacial score (nSPS) is 22.1. The lowest BCUT2D eigenvalue weighted by atomic mass is 9.84. The highest BCUT2D eigenvalue weighted by atomic mass is 19.3. The maximum atomic E-state index is 15.1. The summed E-state index contributed by atoms with van der Waals surface area (Å²) in [5.74, 6) is 1.98. The molecule has 4 aliphatic rings. The average Bonchev–Trinajstić information content (AvgIpc) is 3.94. The van der Waals surface area contributed by atoms with Gasteiger partial charge in [0.05, 0.1) is 36.2 Å². The third kappa shape index (κ3) is 11.5. The van der Waals surface area contributed by atoms with E-state index in [4.69, 9.17) is 14.5 Å². The van der Waals surface area contributed by atoms with E-state index >= 15 is 8.78 Å². The van der Waals surface area contributed by atoms with E-state index in [-0.39, 0.29) is 50.8 Å². The summed E-state index contributed by atoms with van der Waals surface area (Å²) in [6.07, 6.45) is 0.440. The van der Waals surface area contributed by atoms with Crippen LogP contribution in [0.15, 0.2) is 54.7 Å². The Morgan fingerprint density at radius 1 is 1.04 bits per heavy atom. The molecule has 3 fully saturated rings. The number of hydrogen-bond acceptors (Lipinski definition) is 11. The van der Waals surface area contributed by atoms with Gasteiger partial charge in [0.15, 0.2) is 5.60 Å². The molecule has 3 saturated heterocycles. The maximum Gasteiger partial charge on any atom is 0.324 e. The molecule has 4 aromatic rings. The predicted octanol–water partition coefficient (Wildman–Crippen LogP) is 6.62. The lowest BCUT2D eigenvalue weighted by Crippen LogP contribution is -2.63. The van der Waals surface area contributed by atoms with Crippen LogP contribution >= 0.6 is 0 Å². The second-order valence-corrected chi connectivity index (χ2v) is 22.7. The van der Waals surface area contributed by atoms with Gasteiger partial charge in [-0.05, 0) is 118 Å². The molecule has 18 heteroatoms. The molecule has 6 bridgehead atoms. The molecule has 1 unspecified atom stereocenters. The number of nitrogens with one attached hydrogen (secondary N) is 2. The fourth-order valence-electron chi connectivity index (χ4n) is 11.3. The average molecular weight is 1050 g/mol. The highest BCUT2D eigenvalue weighted by Gasteiger charge is 2.48. The summed E-state index contributed by atoms with van der Waals surface area (Å²) in [7, 11) is 3.03. The number of pyridine rings is 1. The van der Waals surface area contributed by atoms with E-state index in [0.717, 1.165) is 57.8 Å². The molecule has 4 amide bonds. The third-order valence-corrected chi connectivity index (χ3v) is 15.7. The van der Waals surface area contributed by atoms with E-state index in [0.29, 0.717) is 42.5 Å². The van der Waals surface area contributed by atoms with Crippen LogP contribution in [0, 0.1) is 23.2 Å². The number of hydrogen-bond donors (Lipinski definition) is 3. The van der Waals surface area contributed by atoms with Crippen molar-refractivity contribution in [2.24, 2.45) is 11.3 Å². The summed E-state index contributed by atoms with van der Waals surface area (Å²) in [5.41, 5.74) is 5.43. The lowest BCUT2D eigenvalue weighted by Gasteiger charge is -2.41. The second kappa shape index (κ2) is 22.4.